The molecule has 2 aliphatic heterocycles. The van der Waals surface area contributed by atoms with E-state index in [1.807, 2.05) is 11.6 Å². The number of benzene rings is 1. The molecule has 3 heterocycles. The van der Waals surface area contributed by atoms with Crippen LogP contribution in [0.2, 0.25) is 0 Å². The van der Waals surface area contributed by atoms with Crippen LogP contribution in [0.15, 0.2) is 41.9 Å². The summed E-state index contributed by atoms with van der Waals surface area (Å²) >= 11 is 1.72. The summed E-state index contributed by atoms with van der Waals surface area (Å²) in [6.45, 7) is 4.60. The van der Waals surface area contributed by atoms with E-state index in [1.54, 1.807) is 11.3 Å². The first-order valence-electron chi connectivity index (χ1n) is 9.33. The van der Waals surface area contributed by atoms with Gasteiger partial charge in [0.15, 0.2) is 0 Å². The molecule has 1 aromatic carbocycles. The van der Waals surface area contributed by atoms with E-state index in [-0.39, 0.29) is 18.2 Å². The fourth-order valence-corrected chi connectivity index (χ4v) is 5.63. The SMILES string of the molecule is OC[C@@H]1[C@H](c2ccccc2)C2(CN(CC3CC3)C2)N1Cc1nccs1. The van der Waals surface area contributed by atoms with Crippen molar-refractivity contribution in [2.75, 3.05) is 26.2 Å². The van der Waals surface area contributed by atoms with Crippen LogP contribution in [0.3, 0.4) is 0 Å². The Morgan fingerprint density at radius 1 is 1.20 bits per heavy atom. The van der Waals surface area contributed by atoms with E-state index < -0.39 is 0 Å². The smallest absolute Gasteiger partial charge is 0.107 e. The van der Waals surface area contributed by atoms with Crippen LogP contribution in [0.1, 0.15) is 29.3 Å². The van der Waals surface area contributed by atoms with E-state index >= 15 is 0 Å². The van der Waals surface area contributed by atoms with Gasteiger partial charge < -0.3 is 5.11 Å². The van der Waals surface area contributed by atoms with Crippen molar-refractivity contribution in [2.24, 2.45) is 5.92 Å². The lowest BCUT2D eigenvalue weighted by Gasteiger charge is -2.71. The molecule has 0 amide bonds. The molecule has 132 valence electrons. The molecule has 1 aromatic heterocycles. The number of likely N-dealkylation sites (tertiary alicyclic amines) is 2. The van der Waals surface area contributed by atoms with Gasteiger partial charge in [0.05, 0.1) is 18.7 Å². The second-order valence-electron chi connectivity index (χ2n) is 7.91. The molecule has 1 spiro atoms. The minimum atomic E-state index is 0.176. The second-order valence-corrected chi connectivity index (χ2v) is 8.89. The lowest BCUT2D eigenvalue weighted by Crippen LogP contribution is -2.84. The maximum atomic E-state index is 10.1. The highest BCUT2D eigenvalue weighted by molar-refractivity contribution is 7.09. The molecule has 1 aliphatic carbocycles. The average molecular weight is 356 g/mol. The van der Waals surface area contributed by atoms with Crippen LogP contribution < -0.4 is 0 Å². The van der Waals surface area contributed by atoms with E-state index in [2.05, 4.69) is 45.1 Å². The van der Waals surface area contributed by atoms with Crippen LogP contribution >= 0.6 is 11.3 Å². The molecular weight excluding hydrogens is 330 g/mol. The van der Waals surface area contributed by atoms with Crippen molar-refractivity contribution in [3.05, 3.63) is 52.5 Å². The van der Waals surface area contributed by atoms with Crippen LogP contribution in [0.4, 0.5) is 0 Å². The fourth-order valence-electron chi connectivity index (χ4n) is 5.01. The minimum Gasteiger partial charge on any atom is -0.395 e. The van der Waals surface area contributed by atoms with Crippen LogP contribution in [0.25, 0.3) is 0 Å². The Balaban J connectivity index is 1.41. The summed E-state index contributed by atoms with van der Waals surface area (Å²) in [5.74, 6) is 1.36. The molecule has 3 fully saturated rings. The molecule has 3 aliphatic rings. The summed E-state index contributed by atoms with van der Waals surface area (Å²) in [5.41, 5.74) is 1.55. The maximum absolute atomic E-state index is 10.1. The Kier molecular flexibility index (Phi) is 3.93. The van der Waals surface area contributed by atoms with Crippen molar-refractivity contribution < 1.29 is 5.11 Å². The lowest BCUT2D eigenvalue weighted by atomic mass is 9.60. The van der Waals surface area contributed by atoms with Gasteiger partial charge in [-0.3, -0.25) is 9.80 Å². The zero-order valence-electron chi connectivity index (χ0n) is 14.4. The van der Waals surface area contributed by atoms with Gasteiger partial charge in [-0.2, -0.15) is 0 Å². The third-order valence-corrected chi connectivity index (χ3v) is 7.04. The summed E-state index contributed by atoms with van der Waals surface area (Å²) in [4.78, 5) is 9.64. The molecule has 2 atom stereocenters. The van der Waals surface area contributed by atoms with Crippen molar-refractivity contribution in [1.82, 2.24) is 14.8 Å². The molecule has 5 rings (SSSR count). The van der Waals surface area contributed by atoms with E-state index in [9.17, 15) is 5.11 Å². The number of nitrogens with zero attached hydrogens (tertiary/aromatic N) is 3. The standard InChI is InChI=1S/C20H25N3OS/c24-12-17-19(16-4-2-1-3-5-16)20(13-22(14-20)10-15-6-7-15)23(17)11-18-21-8-9-25-18/h1-5,8-9,15,17,19,24H,6-7,10-14H2/t17-,19+/m1/s1. The van der Waals surface area contributed by atoms with Gasteiger partial charge in [-0.15, -0.1) is 11.3 Å². The molecular formula is C20H25N3OS. The topological polar surface area (TPSA) is 39.6 Å². The molecule has 0 unspecified atom stereocenters. The van der Waals surface area contributed by atoms with Crippen molar-refractivity contribution in [3.8, 4) is 0 Å². The maximum Gasteiger partial charge on any atom is 0.107 e. The van der Waals surface area contributed by atoms with Gasteiger partial charge in [-0.1, -0.05) is 30.3 Å². The van der Waals surface area contributed by atoms with Crippen LogP contribution in [0, 0.1) is 5.92 Å². The first-order chi connectivity index (χ1) is 12.3. The van der Waals surface area contributed by atoms with Gasteiger partial charge >= 0.3 is 0 Å². The van der Waals surface area contributed by atoms with Gasteiger partial charge in [0.2, 0.25) is 0 Å². The van der Waals surface area contributed by atoms with Crippen LogP contribution in [-0.4, -0.2) is 57.7 Å². The molecule has 2 saturated heterocycles. The third-order valence-electron chi connectivity index (χ3n) is 6.28. The minimum absolute atomic E-state index is 0.176. The monoisotopic (exact) mass is 355 g/mol. The lowest BCUT2D eigenvalue weighted by molar-refractivity contribution is -0.196. The highest BCUT2D eigenvalue weighted by atomic mass is 32.1. The summed E-state index contributed by atoms with van der Waals surface area (Å²) < 4.78 is 0. The van der Waals surface area contributed by atoms with Crippen molar-refractivity contribution in [1.29, 1.82) is 0 Å². The van der Waals surface area contributed by atoms with E-state index in [0.29, 0.717) is 5.92 Å². The van der Waals surface area contributed by atoms with Crippen molar-refractivity contribution in [2.45, 2.75) is 36.9 Å². The van der Waals surface area contributed by atoms with E-state index in [1.165, 1.54) is 24.9 Å². The molecule has 1 N–H and O–H groups in total. The zero-order chi connectivity index (χ0) is 16.9. The Bertz CT molecular complexity index is 710. The quantitative estimate of drug-likeness (QED) is 0.865. The number of aliphatic hydroxyl groups excluding tert-OH is 1. The van der Waals surface area contributed by atoms with E-state index in [4.69, 9.17) is 0 Å². The first kappa shape index (κ1) is 15.9. The summed E-state index contributed by atoms with van der Waals surface area (Å²) in [6, 6.07) is 11.0. The molecule has 25 heavy (non-hydrogen) atoms. The average Bonchev–Trinajstić information content (AvgIpc) is 3.27. The van der Waals surface area contributed by atoms with Gasteiger partial charge in [0.25, 0.3) is 0 Å². The van der Waals surface area contributed by atoms with E-state index in [0.717, 1.165) is 30.6 Å². The number of aliphatic hydroxyl groups is 1. The normalized spacial score (nSPS) is 28.7. The van der Waals surface area contributed by atoms with Crippen molar-refractivity contribution in [3.63, 3.8) is 0 Å². The predicted molar refractivity (Wildman–Crippen MR) is 99.6 cm³/mol. The predicted octanol–water partition coefficient (Wildman–Crippen LogP) is 2.57. The van der Waals surface area contributed by atoms with Crippen LogP contribution in [-0.2, 0) is 6.54 Å². The Hall–Kier alpha value is -1.27. The highest BCUT2D eigenvalue weighted by Gasteiger charge is 2.65. The summed E-state index contributed by atoms with van der Waals surface area (Å²) in [6.07, 6.45) is 4.71. The number of thiazole rings is 1. The molecule has 2 aromatic rings. The molecule has 0 bridgehead atoms. The number of hydrogen-bond acceptors (Lipinski definition) is 5. The van der Waals surface area contributed by atoms with Gasteiger partial charge in [-0.25, -0.2) is 4.98 Å². The molecule has 4 nitrogen and oxygen atoms in total. The molecule has 5 heteroatoms. The van der Waals surface area contributed by atoms with Crippen molar-refractivity contribution >= 4 is 11.3 Å². The Morgan fingerprint density at radius 3 is 2.64 bits per heavy atom. The first-order valence-corrected chi connectivity index (χ1v) is 10.2. The fraction of sp³-hybridized carbons (Fsp3) is 0.550. The van der Waals surface area contributed by atoms with Crippen LogP contribution in [0.5, 0.6) is 0 Å². The summed E-state index contributed by atoms with van der Waals surface area (Å²) in [7, 11) is 0. The molecule has 1 saturated carbocycles. The van der Waals surface area contributed by atoms with Gasteiger partial charge in [-0.05, 0) is 24.3 Å². The largest absolute Gasteiger partial charge is 0.395 e. The highest BCUT2D eigenvalue weighted by Crippen LogP contribution is 2.54. The number of aromatic nitrogens is 1. The number of rotatable bonds is 6. The second kappa shape index (κ2) is 6.16. The molecule has 0 radical (unpaired) electrons. The number of hydrogen-bond donors (Lipinski definition) is 1. The zero-order valence-corrected chi connectivity index (χ0v) is 15.2. The summed E-state index contributed by atoms with van der Waals surface area (Å²) in [5, 5.41) is 13.3. The Labute approximate surface area is 153 Å². The van der Waals surface area contributed by atoms with Gasteiger partial charge in [0, 0.05) is 43.2 Å². The third kappa shape index (κ3) is 2.65. The Morgan fingerprint density at radius 2 is 2.00 bits per heavy atom. The van der Waals surface area contributed by atoms with Gasteiger partial charge in [0.1, 0.15) is 5.01 Å².